The fraction of sp³-hybridized carbons (Fsp3) is 0.385. The van der Waals surface area contributed by atoms with Crippen LogP contribution in [0.1, 0.15) is 25.3 Å². The van der Waals surface area contributed by atoms with Crippen molar-refractivity contribution in [3.05, 3.63) is 35.5 Å². The summed E-state index contributed by atoms with van der Waals surface area (Å²) >= 11 is 0. The molecule has 0 atom stereocenters. The zero-order valence-corrected chi connectivity index (χ0v) is 10.7. The van der Waals surface area contributed by atoms with Gasteiger partial charge in [-0.05, 0) is 12.1 Å². The van der Waals surface area contributed by atoms with Crippen molar-refractivity contribution >= 4 is 0 Å². The van der Waals surface area contributed by atoms with Crippen LogP contribution < -0.4 is 5.32 Å². The lowest BCUT2D eigenvalue weighted by Gasteiger charge is -2.11. The molecular weight excluding hydrogens is 233 g/mol. The van der Waals surface area contributed by atoms with Gasteiger partial charge in [0.15, 0.2) is 0 Å². The highest BCUT2D eigenvalue weighted by atomic mass is 19.1. The number of nitrogens with zero attached hydrogens (tertiary/aromatic N) is 2. The Morgan fingerprint density at radius 1 is 1.33 bits per heavy atom. The molecule has 96 valence electrons. The highest BCUT2D eigenvalue weighted by molar-refractivity contribution is 5.58. The second-order valence-electron chi connectivity index (χ2n) is 4.43. The molecule has 0 unspecified atom stereocenters. The Morgan fingerprint density at radius 3 is 2.72 bits per heavy atom. The number of aromatic nitrogens is 2. The van der Waals surface area contributed by atoms with Gasteiger partial charge in [-0.3, -0.25) is 0 Å². The number of hydrogen-bond donors (Lipinski definition) is 1. The lowest BCUT2D eigenvalue weighted by molar-refractivity contribution is 0.525. The minimum absolute atomic E-state index is 0.267. The predicted molar refractivity (Wildman–Crippen MR) is 66.4 cm³/mol. The van der Waals surface area contributed by atoms with Crippen molar-refractivity contribution in [1.29, 1.82) is 0 Å². The largest absolute Gasteiger partial charge is 0.421 e. The third kappa shape index (κ3) is 2.73. The highest BCUT2D eigenvalue weighted by Crippen LogP contribution is 2.24. The van der Waals surface area contributed by atoms with Crippen LogP contribution in [0.15, 0.2) is 22.6 Å². The Morgan fingerprint density at radius 2 is 2.11 bits per heavy atom. The molecule has 0 saturated carbocycles. The van der Waals surface area contributed by atoms with E-state index >= 15 is 0 Å². The molecule has 18 heavy (non-hydrogen) atoms. The minimum atomic E-state index is -0.267. The molecule has 2 aromatic rings. The molecule has 1 N–H and O–H groups in total. The topological polar surface area (TPSA) is 51.0 Å². The normalized spacial score (nSPS) is 11.2. The first kappa shape index (κ1) is 12.7. The van der Waals surface area contributed by atoms with E-state index in [9.17, 15) is 4.39 Å². The minimum Gasteiger partial charge on any atom is -0.421 e. The zero-order chi connectivity index (χ0) is 13.1. The first-order valence-corrected chi connectivity index (χ1v) is 5.89. The molecule has 0 aliphatic carbocycles. The van der Waals surface area contributed by atoms with Gasteiger partial charge in [0, 0.05) is 30.6 Å². The van der Waals surface area contributed by atoms with E-state index in [4.69, 9.17) is 4.42 Å². The molecule has 1 aromatic heterocycles. The summed E-state index contributed by atoms with van der Waals surface area (Å²) < 4.78 is 19.2. The van der Waals surface area contributed by atoms with Crippen LogP contribution in [0.5, 0.6) is 0 Å². The van der Waals surface area contributed by atoms with Crippen LogP contribution in [0.3, 0.4) is 0 Å². The van der Waals surface area contributed by atoms with Gasteiger partial charge in [0.1, 0.15) is 5.82 Å². The summed E-state index contributed by atoms with van der Waals surface area (Å²) in [6.07, 6.45) is 0. The number of rotatable bonds is 4. The van der Waals surface area contributed by atoms with E-state index < -0.39 is 0 Å². The Labute approximate surface area is 105 Å². The van der Waals surface area contributed by atoms with E-state index in [1.54, 1.807) is 19.1 Å². The van der Waals surface area contributed by atoms with Crippen LogP contribution in [0.25, 0.3) is 11.5 Å². The van der Waals surface area contributed by atoms with Gasteiger partial charge in [-0.15, -0.1) is 10.2 Å². The summed E-state index contributed by atoms with van der Waals surface area (Å²) in [7, 11) is 0. The van der Waals surface area contributed by atoms with E-state index in [0.717, 1.165) is 0 Å². The maximum absolute atomic E-state index is 13.9. The molecular formula is C13H16FN3O. The summed E-state index contributed by atoms with van der Waals surface area (Å²) in [4.78, 5) is 0. The van der Waals surface area contributed by atoms with Gasteiger partial charge >= 0.3 is 0 Å². The molecule has 5 heteroatoms. The monoisotopic (exact) mass is 249 g/mol. The number of hydrogen-bond acceptors (Lipinski definition) is 4. The average molecular weight is 249 g/mol. The van der Waals surface area contributed by atoms with Crippen molar-refractivity contribution in [2.75, 3.05) is 0 Å². The van der Waals surface area contributed by atoms with Gasteiger partial charge in [0.2, 0.25) is 11.8 Å². The maximum atomic E-state index is 13.9. The standard InChI is InChI=1S/C13H16FN3O/c1-8(2)15-7-11-10(5-4-6-12(11)14)13-17-16-9(3)18-13/h4-6,8,15H,7H2,1-3H3. The molecule has 0 bridgehead atoms. The maximum Gasteiger partial charge on any atom is 0.248 e. The van der Waals surface area contributed by atoms with Crippen molar-refractivity contribution in [3.63, 3.8) is 0 Å². The molecule has 0 radical (unpaired) electrons. The Hall–Kier alpha value is -1.75. The fourth-order valence-electron chi connectivity index (χ4n) is 1.65. The van der Waals surface area contributed by atoms with Crippen LogP contribution >= 0.6 is 0 Å². The van der Waals surface area contributed by atoms with Crippen molar-refractivity contribution in [2.24, 2.45) is 0 Å². The quantitative estimate of drug-likeness (QED) is 0.905. The van der Waals surface area contributed by atoms with Gasteiger partial charge < -0.3 is 9.73 Å². The zero-order valence-electron chi connectivity index (χ0n) is 10.7. The molecule has 2 rings (SSSR count). The van der Waals surface area contributed by atoms with Crippen molar-refractivity contribution in [1.82, 2.24) is 15.5 Å². The molecule has 1 aromatic carbocycles. The van der Waals surface area contributed by atoms with E-state index in [1.165, 1.54) is 6.07 Å². The molecule has 0 fully saturated rings. The van der Waals surface area contributed by atoms with Crippen molar-refractivity contribution in [3.8, 4) is 11.5 Å². The molecule has 0 amide bonds. The molecule has 0 spiro atoms. The Kier molecular flexibility index (Phi) is 3.72. The molecule has 4 nitrogen and oxygen atoms in total. The van der Waals surface area contributed by atoms with Crippen LogP contribution in [0, 0.1) is 12.7 Å². The van der Waals surface area contributed by atoms with Gasteiger partial charge in [0.25, 0.3) is 0 Å². The summed E-state index contributed by atoms with van der Waals surface area (Å²) in [5.41, 5.74) is 1.19. The number of benzene rings is 1. The fourth-order valence-corrected chi connectivity index (χ4v) is 1.65. The van der Waals surface area contributed by atoms with E-state index in [0.29, 0.717) is 29.5 Å². The first-order chi connectivity index (χ1) is 8.58. The third-order valence-corrected chi connectivity index (χ3v) is 2.56. The SMILES string of the molecule is Cc1nnc(-c2cccc(F)c2CNC(C)C)o1. The molecule has 0 aliphatic rings. The summed E-state index contributed by atoms with van der Waals surface area (Å²) in [6.45, 7) is 6.16. The molecule has 1 heterocycles. The van der Waals surface area contributed by atoms with Crippen molar-refractivity contribution in [2.45, 2.75) is 33.4 Å². The second kappa shape index (κ2) is 5.27. The van der Waals surface area contributed by atoms with E-state index in [2.05, 4.69) is 15.5 Å². The van der Waals surface area contributed by atoms with Gasteiger partial charge in [-0.25, -0.2) is 4.39 Å². The summed E-state index contributed by atoms with van der Waals surface area (Å²) in [6, 6.07) is 5.14. The number of nitrogens with one attached hydrogen (secondary N) is 1. The third-order valence-electron chi connectivity index (χ3n) is 2.56. The smallest absolute Gasteiger partial charge is 0.248 e. The average Bonchev–Trinajstić information content (AvgIpc) is 2.73. The summed E-state index contributed by atoms with van der Waals surface area (Å²) in [5.74, 6) is 0.557. The van der Waals surface area contributed by atoms with Gasteiger partial charge in [-0.2, -0.15) is 0 Å². The lowest BCUT2D eigenvalue weighted by atomic mass is 10.1. The van der Waals surface area contributed by atoms with E-state index in [-0.39, 0.29) is 11.9 Å². The van der Waals surface area contributed by atoms with Crippen LogP contribution in [-0.4, -0.2) is 16.2 Å². The van der Waals surface area contributed by atoms with Gasteiger partial charge in [-0.1, -0.05) is 19.9 Å². The predicted octanol–water partition coefficient (Wildman–Crippen LogP) is 2.68. The lowest BCUT2D eigenvalue weighted by Crippen LogP contribution is -2.22. The van der Waals surface area contributed by atoms with Crippen molar-refractivity contribution < 1.29 is 8.81 Å². The number of aryl methyl sites for hydroxylation is 1. The van der Waals surface area contributed by atoms with Crippen LogP contribution in [-0.2, 0) is 6.54 Å². The number of halogens is 1. The second-order valence-corrected chi connectivity index (χ2v) is 4.43. The molecule has 0 saturated heterocycles. The highest BCUT2D eigenvalue weighted by Gasteiger charge is 2.14. The first-order valence-electron chi connectivity index (χ1n) is 5.89. The van der Waals surface area contributed by atoms with Crippen LogP contribution in [0.2, 0.25) is 0 Å². The Balaban J connectivity index is 2.37. The molecule has 0 aliphatic heterocycles. The van der Waals surface area contributed by atoms with Crippen LogP contribution in [0.4, 0.5) is 4.39 Å². The summed E-state index contributed by atoms with van der Waals surface area (Å²) in [5, 5.41) is 10.9. The Bertz CT molecular complexity index is 537. The van der Waals surface area contributed by atoms with E-state index in [1.807, 2.05) is 13.8 Å². The van der Waals surface area contributed by atoms with Gasteiger partial charge in [0.05, 0.1) is 0 Å².